The molecule has 1 aromatic rings. The van der Waals surface area contributed by atoms with Crippen LogP contribution < -0.4 is 10.1 Å². The Hall–Kier alpha value is -1.65. The highest BCUT2D eigenvalue weighted by Crippen LogP contribution is 2.23. The lowest BCUT2D eigenvalue weighted by molar-refractivity contribution is -0.274. The molecule has 0 saturated carbocycles. The Morgan fingerprint density at radius 2 is 1.80 bits per heavy atom. The van der Waals surface area contributed by atoms with Gasteiger partial charge in [-0.2, -0.15) is 0 Å². The lowest BCUT2D eigenvalue weighted by atomic mass is 10.3. The maximum atomic E-state index is 11.8. The summed E-state index contributed by atoms with van der Waals surface area (Å²) in [5.74, 6) is -0.228. The number of allylic oxidation sites excluding steroid dienone is 1. The molecule has 1 N–H and O–H groups in total. The van der Waals surface area contributed by atoms with E-state index in [2.05, 4.69) is 10.1 Å². The van der Waals surface area contributed by atoms with Crippen LogP contribution in [0.25, 0.3) is 0 Å². The summed E-state index contributed by atoms with van der Waals surface area (Å²) in [5, 5.41) is 2.87. The second-order valence-electron chi connectivity index (χ2n) is 2.72. The molecule has 0 aromatic heterocycles. The lowest BCUT2D eigenvalue weighted by Gasteiger charge is -2.09. The summed E-state index contributed by atoms with van der Waals surface area (Å²) < 4.78 is 39.1. The van der Waals surface area contributed by atoms with E-state index < -0.39 is 6.36 Å². The summed E-state index contributed by atoms with van der Waals surface area (Å²) in [6.45, 7) is 1.83. The molecule has 1 rings (SSSR count). The number of hydrogen-bond acceptors (Lipinski definition) is 2. The topological polar surface area (TPSA) is 21.3 Å². The van der Waals surface area contributed by atoms with Gasteiger partial charge >= 0.3 is 6.36 Å². The van der Waals surface area contributed by atoms with Crippen molar-refractivity contribution in [1.29, 1.82) is 0 Å². The molecule has 0 saturated heterocycles. The van der Waals surface area contributed by atoms with Crippen molar-refractivity contribution in [3.05, 3.63) is 36.5 Å². The van der Waals surface area contributed by atoms with Crippen molar-refractivity contribution in [3.63, 3.8) is 0 Å². The van der Waals surface area contributed by atoms with Gasteiger partial charge in [0.25, 0.3) is 0 Å². The molecule has 0 aliphatic heterocycles. The third-order valence-electron chi connectivity index (χ3n) is 1.50. The highest BCUT2D eigenvalue weighted by molar-refractivity contribution is 5.48. The first-order chi connectivity index (χ1) is 7.01. The van der Waals surface area contributed by atoms with E-state index in [0.717, 1.165) is 0 Å². The van der Waals surface area contributed by atoms with E-state index in [1.807, 2.05) is 6.92 Å². The van der Waals surface area contributed by atoms with Crippen LogP contribution in [0.5, 0.6) is 5.75 Å². The van der Waals surface area contributed by atoms with E-state index in [4.69, 9.17) is 0 Å². The first kappa shape index (κ1) is 11.4. The molecule has 0 fully saturated rings. The Morgan fingerprint density at radius 3 is 2.27 bits per heavy atom. The molecule has 0 aliphatic rings. The second-order valence-corrected chi connectivity index (χ2v) is 2.72. The molecule has 5 heteroatoms. The SMILES string of the molecule is C/C=C/Nc1ccc(OC(F)(F)F)cc1. The quantitative estimate of drug-likeness (QED) is 0.836. The van der Waals surface area contributed by atoms with Gasteiger partial charge in [-0.25, -0.2) is 0 Å². The average Bonchev–Trinajstić information content (AvgIpc) is 2.14. The Kier molecular flexibility index (Phi) is 3.60. The van der Waals surface area contributed by atoms with E-state index in [0.29, 0.717) is 5.69 Å². The standard InChI is InChI=1S/C10H10F3NO/c1-2-7-14-8-3-5-9(6-4-8)15-10(11,12)13/h2-7,14H,1H3/b7-2+. The minimum absolute atomic E-state index is 0.228. The predicted molar refractivity (Wildman–Crippen MR) is 51.6 cm³/mol. The molecular weight excluding hydrogens is 207 g/mol. The molecule has 15 heavy (non-hydrogen) atoms. The summed E-state index contributed by atoms with van der Waals surface area (Å²) in [6, 6.07) is 5.50. The summed E-state index contributed by atoms with van der Waals surface area (Å²) in [6.07, 6.45) is -1.18. The van der Waals surface area contributed by atoms with Gasteiger partial charge in [-0.3, -0.25) is 0 Å². The van der Waals surface area contributed by atoms with Crippen LogP contribution in [0.3, 0.4) is 0 Å². The number of hydrogen-bond donors (Lipinski definition) is 1. The van der Waals surface area contributed by atoms with Crippen molar-refractivity contribution in [1.82, 2.24) is 0 Å². The molecule has 2 nitrogen and oxygen atoms in total. The van der Waals surface area contributed by atoms with E-state index >= 15 is 0 Å². The first-order valence-electron chi connectivity index (χ1n) is 4.25. The zero-order chi connectivity index (χ0) is 11.3. The van der Waals surface area contributed by atoms with Crippen molar-refractivity contribution in [2.45, 2.75) is 13.3 Å². The Labute approximate surface area is 85.4 Å². The smallest absolute Gasteiger partial charge is 0.406 e. The highest BCUT2D eigenvalue weighted by Gasteiger charge is 2.30. The summed E-state index contributed by atoms with van der Waals surface area (Å²) in [4.78, 5) is 0. The second kappa shape index (κ2) is 4.72. The van der Waals surface area contributed by atoms with Crippen molar-refractivity contribution in [2.24, 2.45) is 0 Å². The molecule has 82 valence electrons. The minimum Gasteiger partial charge on any atom is -0.406 e. The van der Waals surface area contributed by atoms with Gasteiger partial charge in [0.05, 0.1) is 0 Å². The van der Waals surface area contributed by atoms with Gasteiger partial charge in [-0.1, -0.05) is 6.08 Å². The molecule has 0 bridgehead atoms. The van der Waals surface area contributed by atoms with Gasteiger partial charge < -0.3 is 10.1 Å². The van der Waals surface area contributed by atoms with Gasteiger partial charge in [0.2, 0.25) is 0 Å². The van der Waals surface area contributed by atoms with Crippen molar-refractivity contribution < 1.29 is 17.9 Å². The van der Waals surface area contributed by atoms with E-state index in [9.17, 15) is 13.2 Å². The summed E-state index contributed by atoms with van der Waals surface area (Å²) in [5.41, 5.74) is 0.697. The summed E-state index contributed by atoms with van der Waals surface area (Å²) in [7, 11) is 0. The zero-order valence-corrected chi connectivity index (χ0v) is 8.01. The minimum atomic E-state index is -4.64. The largest absolute Gasteiger partial charge is 0.573 e. The van der Waals surface area contributed by atoms with E-state index in [-0.39, 0.29) is 5.75 Å². The van der Waals surface area contributed by atoms with Gasteiger partial charge in [0, 0.05) is 5.69 Å². The van der Waals surface area contributed by atoms with Crippen LogP contribution in [0, 0.1) is 0 Å². The molecule has 0 unspecified atom stereocenters. The fourth-order valence-electron chi connectivity index (χ4n) is 0.932. The van der Waals surface area contributed by atoms with Crippen LogP contribution in [0.2, 0.25) is 0 Å². The normalized spacial score (nSPS) is 11.7. The monoisotopic (exact) mass is 217 g/mol. The van der Waals surface area contributed by atoms with E-state index in [1.54, 1.807) is 12.3 Å². The Balaban J connectivity index is 2.64. The lowest BCUT2D eigenvalue weighted by Crippen LogP contribution is -2.16. The number of ether oxygens (including phenoxy) is 1. The number of halogens is 3. The van der Waals surface area contributed by atoms with Crippen LogP contribution in [0.15, 0.2) is 36.5 Å². The first-order valence-corrected chi connectivity index (χ1v) is 4.25. The van der Waals surface area contributed by atoms with Crippen LogP contribution in [-0.2, 0) is 0 Å². The zero-order valence-electron chi connectivity index (χ0n) is 8.01. The fraction of sp³-hybridized carbons (Fsp3) is 0.200. The average molecular weight is 217 g/mol. The third-order valence-corrected chi connectivity index (χ3v) is 1.50. The number of benzene rings is 1. The van der Waals surface area contributed by atoms with Gasteiger partial charge in [0.1, 0.15) is 5.75 Å². The Bertz CT molecular complexity index is 330. The maximum absolute atomic E-state index is 11.8. The van der Waals surface area contributed by atoms with Gasteiger partial charge in [-0.05, 0) is 37.4 Å². The number of nitrogens with one attached hydrogen (secondary N) is 1. The van der Waals surface area contributed by atoms with Gasteiger partial charge in [-0.15, -0.1) is 13.2 Å². The van der Waals surface area contributed by atoms with E-state index in [1.165, 1.54) is 24.3 Å². The molecular formula is C10H10F3NO. The highest BCUT2D eigenvalue weighted by atomic mass is 19.4. The molecule has 0 heterocycles. The molecule has 0 radical (unpaired) electrons. The molecule has 0 spiro atoms. The Morgan fingerprint density at radius 1 is 1.20 bits per heavy atom. The van der Waals surface area contributed by atoms with Crippen LogP contribution in [0.1, 0.15) is 6.92 Å². The third kappa shape index (κ3) is 4.39. The van der Waals surface area contributed by atoms with Gasteiger partial charge in [0.15, 0.2) is 0 Å². The predicted octanol–water partition coefficient (Wildman–Crippen LogP) is 3.53. The van der Waals surface area contributed by atoms with Crippen molar-refractivity contribution in [3.8, 4) is 5.75 Å². The van der Waals surface area contributed by atoms with Crippen LogP contribution in [-0.4, -0.2) is 6.36 Å². The number of rotatable bonds is 3. The number of alkyl halides is 3. The van der Waals surface area contributed by atoms with Crippen LogP contribution >= 0.6 is 0 Å². The molecule has 0 aliphatic carbocycles. The maximum Gasteiger partial charge on any atom is 0.573 e. The summed E-state index contributed by atoms with van der Waals surface area (Å²) >= 11 is 0. The molecule has 0 atom stereocenters. The van der Waals surface area contributed by atoms with Crippen molar-refractivity contribution in [2.75, 3.05) is 5.32 Å². The number of anilines is 1. The van der Waals surface area contributed by atoms with Crippen LogP contribution in [0.4, 0.5) is 18.9 Å². The fourth-order valence-corrected chi connectivity index (χ4v) is 0.932. The van der Waals surface area contributed by atoms with Crippen molar-refractivity contribution >= 4 is 5.69 Å². The molecule has 0 amide bonds. The molecule has 1 aromatic carbocycles.